The molecule has 0 fully saturated rings. The summed E-state index contributed by atoms with van der Waals surface area (Å²) in [4.78, 5) is 21.0. The highest BCUT2D eigenvalue weighted by Gasteiger charge is 2.18. The van der Waals surface area contributed by atoms with E-state index in [0.29, 0.717) is 12.8 Å². The predicted molar refractivity (Wildman–Crippen MR) is 72.4 cm³/mol. The second-order valence-corrected chi connectivity index (χ2v) is 4.72. The van der Waals surface area contributed by atoms with E-state index >= 15 is 0 Å². The average molecular weight is 350 g/mol. The maximum absolute atomic E-state index is 13.3. The molecule has 1 amide bonds. The highest BCUT2D eigenvalue weighted by molar-refractivity contribution is 9.10. The third-order valence-electron chi connectivity index (χ3n) is 2.42. The van der Waals surface area contributed by atoms with Gasteiger partial charge in [-0.15, -0.1) is 0 Å². The van der Waals surface area contributed by atoms with E-state index in [1.54, 1.807) is 0 Å². The highest BCUT2D eigenvalue weighted by atomic mass is 79.9. The second-order valence-electron chi connectivity index (χ2n) is 3.86. The number of unbranched alkanes of at least 4 members (excludes halogenated alkanes) is 1. The minimum Gasteiger partial charge on any atom is -0.487 e. The van der Waals surface area contributed by atoms with Crippen molar-refractivity contribution in [1.29, 1.82) is 0 Å². The van der Waals surface area contributed by atoms with Gasteiger partial charge in [-0.25, -0.2) is 10.2 Å². The van der Waals surface area contributed by atoms with Gasteiger partial charge in [0, 0.05) is 18.6 Å². The Balaban J connectivity index is 2.57. The molecule has 0 aliphatic carbocycles. The molecular formula is C11H13BrFN3O4. The van der Waals surface area contributed by atoms with Gasteiger partial charge in [0.2, 0.25) is 5.91 Å². The smallest absolute Gasteiger partial charge is 0.312 e. The lowest BCUT2D eigenvalue weighted by Gasteiger charge is -2.07. The molecule has 9 heteroatoms. The highest BCUT2D eigenvalue weighted by Crippen LogP contribution is 2.32. The summed E-state index contributed by atoms with van der Waals surface area (Å²) in [5, 5.41) is 10.8. The van der Waals surface area contributed by atoms with Crippen LogP contribution in [0, 0.1) is 15.9 Å². The lowest BCUT2D eigenvalue weighted by molar-refractivity contribution is -0.386. The molecular weight excluding hydrogens is 337 g/mol. The Bertz CT molecular complexity index is 513. The Kier molecular flexibility index (Phi) is 6.32. The Morgan fingerprint density at radius 1 is 1.50 bits per heavy atom. The number of carbonyl (C=O) groups excluding carboxylic acids is 1. The van der Waals surface area contributed by atoms with E-state index in [2.05, 4.69) is 15.9 Å². The molecule has 0 aliphatic rings. The van der Waals surface area contributed by atoms with Gasteiger partial charge >= 0.3 is 5.69 Å². The lowest BCUT2D eigenvalue weighted by atomic mass is 10.2. The maximum Gasteiger partial charge on any atom is 0.312 e. The van der Waals surface area contributed by atoms with Crippen LogP contribution in [0.2, 0.25) is 0 Å². The molecule has 0 aliphatic heterocycles. The van der Waals surface area contributed by atoms with E-state index < -0.39 is 10.7 Å². The SMILES string of the molecule is NNC(=O)CCCCOc1cc(F)c(Br)cc1[N+](=O)[O-]. The van der Waals surface area contributed by atoms with Crippen LogP contribution in [0.1, 0.15) is 19.3 Å². The van der Waals surface area contributed by atoms with Crippen LogP contribution in [-0.2, 0) is 4.79 Å². The minimum atomic E-state index is -0.651. The molecule has 3 N–H and O–H groups in total. The van der Waals surface area contributed by atoms with Crippen LogP contribution in [0.25, 0.3) is 0 Å². The van der Waals surface area contributed by atoms with Crippen molar-refractivity contribution in [1.82, 2.24) is 5.43 Å². The second kappa shape index (κ2) is 7.75. The summed E-state index contributed by atoms with van der Waals surface area (Å²) in [5.41, 5.74) is 1.67. The molecule has 1 aromatic rings. The Hall–Kier alpha value is -1.74. The molecule has 0 heterocycles. The number of hydrazine groups is 1. The number of nitrogens with one attached hydrogen (secondary N) is 1. The molecule has 20 heavy (non-hydrogen) atoms. The van der Waals surface area contributed by atoms with Crippen molar-refractivity contribution < 1.29 is 18.8 Å². The molecule has 1 rings (SSSR count). The van der Waals surface area contributed by atoms with Crippen molar-refractivity contribution in [2.45, 2.75) is 19.3 Å². The van der Waals surface area contributed by atoms with Crippen molar-refractivity contribution in [3.05, 3.63) is 32.5 Å². The van der Waals surface area contributed by atoms with E-state index in [0.717, 1.165) is 12.1 Å². The predicted octanol–water partition coefficient (Wildman–Crippen LogP) is 2.04. The van der Waals surface area contributed by atoms with Gasteiger partial charge in [-0.3, -0.25) is 20.3 Å². The molecule has 0 radical (unpaired) electrons. The number of nitro benzene ring substituents is 1. The summed E-state index contributed by atoms with van der Waals surface area (Å²) in [7, 11) is 0. The number of hydrogen-bond donors (Lipinski definition) is 2. The number of hydrogen-bond acceptors (Lipinski definition) is 5. The van der Waals surface area contributed by atoms with Crippen LogP contribution < -0.4 is 16.0 Å². The quantitative estimate of drug-likeness (QED) is 0.257. The molecule has 0 saturated carbocycles. The number of benzene rings is 1. The average Bonchev–Trinajstić information content (AvgIpc) is 2.41. The Morgan fingerprint density at radius 3 is 2.80 bits per heavy atom. The third-order valence-corrected chi connectivity index (χ3v) is 3.02. The molecule has 1 aromatic carbocycles. The van der Waals surface area contributed by atoms with Crippen molar-refractivity contribution in [2.24, 2.45) is 5.84 Å². The number of ether oxygens (including phenoxy) is 1. The summed E-state index contributed by atoms with van der Waals surface area (Å²) in [6.45, 7) is 0.139. The zero-order valence-corrected chi connectivity index (χ0v) is 12.0. The summed E-state index contributed by atoms with van der Waals surface area (Å²) >= 11 is 2.87. The third kappa shape index (κ3) is 4.74. The van der Waals surface area contributed by atoms with Gasteiger partial charge < -0.3 is 4.74 Å². The van der Waals surface area contributed by atoms with E-state index in [1.807, 2.05) is 5.43 Å². The first kappa shape index (κ1) is 16.3. The van der Waals surface area contributed by atoms with Crippen molar-refractivity contribution >= 4 is 27.5 Å². The number of amides is 1. The Morgan fingerprint density at radius 2 is 2.20 bits per heavy atom. The molecule has 7 nitrogen and oxygen atoms in total. The molecule has 0 spiro atoms. The van der Waals surface area contributed by atoms with Gasteiger partial charge in [-0.1, -0.05) is 0 Å². The number of carbonyl (C=O) groups is 1. The molecule has 110 valence electrons. The van der Waals surface area contributed by atoms with E-state index in [4.69, 9.17) is 10.6 Å². The summed E-state index contributed by atoms with van der Waals surface area (Å²) < 4.78 is 18.5. The van der Waals surface area contributed by atoms with E-state index in [9.17, 15) is 19.3 Å². The number of nitrogens with two attached hydrogens (primary N) is 1. The molecule has 0 bridgehead atoms. The summed E-state index contributed by atoms with van der Waals surface area (Å²) in [6.07, 6.45) is 1.23. The molecule has 0 atom stereocenters. The summed E-state index contributed by atoms with van der Waals surface area (Å²) in [5.74, 6) is 3.82. The van der Waals surface area contributed by atoms with Crippen LogP contribution >= 0.6 is 15.9 Å². The molecule has 0 saturated heterocycles. The van der Waals surface area contributed by atoms with Crippen molar-refractivity contribution in [3.63, 3.8) is 0 Å². The van der Waals surface area contributed by atoms with Crippen LogP contribution in [0.4, 0.5) is 10.1 Å². The number of rotatable bonds is 7. The fraction of sp³-hybridized carbons (Fsp3) is 0.364. The molecule has 0 unspecified atom stereocenters. The summed E-state index contributed by atoms with van der Waals surface area (Å²) in [6, 6.07) is 2.00. The fourth-order valence-corrected chi connectivity index (χ4v) is 1.75. The zero-order valence-electron chi connectivity index (χ0n) is 10.4. The van der Waals surface area contributed by atoms with Gasteiger partial charge in [-0.05, 0) is 28.8 Å². The normalized spacial score (nSPS) is 10.2. The van der Waals surface area contributed by atoms with Gasteiger partial charge in [0.05, 0.1) is 16.0 Å². The standard InChI is InChI=1S/C11H13BrFN3O4/c12-7-5-9(16(18)19)10(6-8(7)13)20-4-2-1-3-11(17)15-14/h5-6H,1-4,14H2,(H,15,17). The van der Waals surface area contributed by atoms with Crippen LogP contribution in [0.5, 0.6) is 5.75 Å². The van der Waals surface area contributed by atoms with Gasteiger partial charge in [0.25, 0.3) is 0 Å². The van der Waals surface area contributed by atoms with Crippen LogP contribution in [0.3, 0.4) is 0 Å². The minimum absolute atomic E-state index is 0.00355. The lowest BCUT2D eigenvalue weighted by Crippen LogP contribution is -2.29. The first-order valence-electron chi connectivity index (χ1n) is 5.71. The van der Waals surface area contributed by atoms with Gasteiger partial charge in [-0.2, -0.15) is 0 Å². The first-order valence-corrected chi connectivity index (χ1v) is 6.50. The van der Waals surface area contributed by atoms with Crippen molar-refractivity contribution in [2.75, 3.05) is 6.61 Å². The van der Waals surface area contributed by atoms with Gasteiger partial charge in [0.1, 0.15) is 5.82 Å². The largest absolute Gasteiger partial charge is 0.487 e. The fourth-order valence-electron chi connectivity index (χ4n) is 1.42. The first-order chi connectivity index (χ1) is 9.45. The zero-order chi connectivity index (χ0) is 15.1. The number of halogens is 2. The Labute approximate surface area is 122 Å². The monoisotopic (exact) mass is 349 g/mol. The van der Waals surface area contributed by atoms with Crippen molar-refractivity contribution in [3.8, 4) is 5.75 Å². The van der Waals surface area contributed by atoms with E-state index in [1.165, 1.54) is 0 Å². The number of nitrogens with zero attached hydrogens (tertiary/aromatic N) is 1. The number of nitro groups is 1. The molecule has 0 aromatic heterocycles. The maximum atomic E-state index is 13.3. The van der Waals surface area contributed by atoms with Crippen LogP contribution in [0.15, 0.2) is 16.6 Å². The van der Waals surface area contributed by atoms with E-state index in [-0.39, 0.29) is 34.8 Å². The topological polar surface area (TPSA) is 107 Å². The van der Waals surface area contributed by atoms with Gasteiger partial charge in [0.15, 0.2) is 5.75 Å². The van der Waals surface area contributed by atoms with Crippen LogP contribution in [-0.4, -0.2) is 17.4 Å².